The van der Waals surface area contributed by atoms with Gasteiger partial charge in [0, 0.05) is 29.6 Å². The van der Waals surface area contributed by atoms with E-state index >= 15 is 4.39 Å². The lowest BCUT2D eigenvalue weighted by Gasteiger charge is -2.30. The van der Waals surface area contributed by atoms with Gasteiger partial charge in [0.25, 0.3) is 0 Å². The van der Waals surface area contributed by atoms with Gasteiger partial charge in [0.2, 0.25) is 0 Å². The number of hydrogen-bond donors (Lipinski definition) is 1. The monoisotopic (exact) mass is 272 g/mol. The molecule has 1 aliphatic heterocycles. The maximum Gasteiger partial charge on any atom is 0.136 e. The molecule has 3 rings (SSSR count). The summed E-state index contributed by atoms with van der Waals surface area (Å²) in [6.45, 7) is 2.69. The van der Waals surface area contributed by atoms with Gasteiger partial charge in [-0.15, -0.1) is 0 Å². The first-order valence-electron chi connectivity index (χ1n) is 7.43. The Hall–Kier alpha value is -1.48. The van der Waals surface area contributed by atoms with Crippen molar-refractivity contribution in [3.05, 3.63) is 42.1 Å². The number of hydrogen-bond acceptors (Lipinski definition) is 2. The smallest absolute Gasteiger partial charge is 0.136 e. The van der Waals surface area contributed by atoms with Crippen LogP contribution in [0.3, 0.4) is 0 Å². The summed E-state index contributed by atoms with van der Waals surface area (Å²) in [5.74, 6) is 0. The van der Waals surface area contributed by atoms with Crippen molar-refractivity contribution in [1.29, 1.82) is 0 Å². The standard InChI is InChI=1S/C17H21FN2/c1-17(18,11-15-7-4-5-9-19-15)14-10-13-6-2-3-8-16(13)20-12-14/h2-3,6,8,10,12,15,19H,4-5,7,9,11H2,1H3. The Morgan fingerprint density at radius 1 is 1.35 bits per heavy atom. The summed E-state index contributed by atoms with van der Waals surface area (Å²) in [7, 11) is 0. The predicted octanol–water partition coefficient (Wildman–Crippen LogP) is 3.95. The average Bonchev–Trinajstić information content (AvgIpc) is 2.47. The Morgan fingerprint density at radius 3 is 3.00 bits per heavy atom. The predicted molar refractivity (Wildman–Crippen MR) is 80.5 cm³/mol. The fourth-order valence-corrected chi connectivity index (χ4v) is 3.03. The number of para-hydroxylation sites is 1. The number of nitrogens with one attached hydrogen (secondary N) is 1. The van der Waals surface area contributed by atoms with Crippen LogP contribution < -0.4 is 5.32 Å². The van der Waals surface area contributed by atoms with Crippen LogP contribution in [0.25, 0.3) is 10.9 Å². The third-order valence-corrected chi connectivity index (χ3v) is 4.23. The number of fused-ring (bicyclic) bond motifs is 1. The van der Waals surface area contributed by atoms with Crippen LogP contribution in [-0.2, 0) is 5.67 Å². The Labute approximate surface area is 119 Å². The van der Waals surface area contributed by atoms with Gasteiger partial charge in [-0.3, -0.25) is 4.98 Å². The number of alkyl halides is 1. The molecule has 106 valence electrons. The third kappa shape index (κ3) is 2.83. The van der Waals surface area contributed by atoms with Crippen molar-refractivity contribution >= 4 is 10.9 Å². The molecule has 1 saturated heterocycles. The van der Waals surface area contributed by atoms with Crippen molar-refractivity contribution in [3.63, 3.8) is 0 Å². The number of piperidine rings is 1. The molecule has 0 spiro atoms. The number of halogens is 1. The molecular weight excluding hydrogens is 251 g/mol. The fraction of sp³-hybridized carbons (Fsp3) is 0.471. The van der Waals surface area contributed by atoms with Gasteiger partial charge in [0.1, 0.15) is 5.67 Å². The van der Waals surface area contributed by atoms with Crippen molar-refractivity contribution in [2.24, 2.45) is 0 Å². The van der Waals surface area contributed by atoms with E-state index in [2.05, 4.69) is 10.3 Å². The summed E-state index contributed by atoms with van der Waals surface area (Å²) in [5, 5.41) is 4.43. The van der Waals surface area contributed by atoms with Crippen LogP contribution in [0.2, 0.25) is 0 Å². The van der Waals surface area contributed by atoms with Crippen LogP contribution in [0.15, 0.2) is 36.5 Å². The minimum absolute atomic E-state index is 0.283. The third-order valence-electron chi connectivity index (χ3n) is 4.23. The molecule has 2 aromatic rings. The first-order valence-corrected chi connectivity index (χ1v) is 7.43. The second-order valence-electron chi connectivity index (χ2n) is 5.97. The van der Waals surface area contributed by atoms with E-state index in [1.54, 1.807) is 13.1 Å². The van der Waals surface area contributed by atoms with Gasteiger partial charge in [-0.05, 0) is 38.4 Å². The topological polar surface area (TPSA) is 24.9 Å². The summed E-state index contributed by atoms with van der Waals surface area (Å²) in [6, 6.07) is 10.1. The fourth-order valence-electron chi connectivity index (χ4n) is 3.03. The Bertz CT molecular complexity index is 588. The van der Waals surface area contributed by atoms with Crippen molar-refractivity contribution in [2.75, 3.05) is 6.54 Å². The van der Waals surface area contributed by atoms with Gasteiger partial charge >= 0.3 is 0 Å². The zero-order valence-corrected chi connectivity index (χ0v) is 11.9. The maximum absolute atomic E-state index is 15.1. The molecule has 0 saturated carbocycles. The average molecular weight is 272 g/mol. The minimum Gasteiger partial charge on any atom is -0.314 e. The molecule has 2 heterocycles. The second-order valence-corrected chi connectivity index (χ2v) is 5.97. The Morgan fingerprint density at radius 2 is 2.20 bits per heavy atom. The van der Waals surface area contributed by atoms with Crippen LogP contribution in [0, 0.1) is 0 Å². The molecule has 1 aromatic heterocycles. The first kappa shape index (κ1) is 13.5. The van der Waals surface area contributed by atoms with Crippen LogP contribution in [0.1, 0.15) is 38.2 Å². The van der Waals surface area contributed by atoms with Crippen LogP contribution in [-0.4, -0.2) is 17.6 Å². The molecule has 0 bridgehead atoms. The maximum atomic E-state index is 15.1. The molecule has 1 aliphatic rings. The second kappa shape index (κ2) is 5.49. The molecule has 1 fully saturated rings. The van der Waals surface area contributed by atoms with Crippen molar-refractivity contribution in [3.8, 4) is 0 Å². The summed E-state index contributed by atoms with van der Waals surface area (Å²) in [6.07, 6.45) is 5.68. The lowest BCUT2D eigenvalue weighted by molar-refractivity contribution is 0.146. The highest BCUT2D eigenvalue weighted by Gasteiger charge is 2.30. The SMILES string of the molecule is CC(F)(CC1CCCCN1)c1cnc2ccccc2c1. The van der Waals surface area contributed by atoms with Gasteiger partial charge in [0.15, 0.2) is 0 Å². The molecule has 1 aromatic carbocycles. The van der Waals surface area contributed by atoms with E-state index in [9.17, 15) is 0 Å². The van der Waals surface area contributed by atoms with Gasteiger partial charge < -0.3 is 5.32 Å². The normalized spacial score (nSPS) is 22.6. The highest BCUT2D eigenvalue weighted by Crippen LogP contribution is 2.33. The molecule has 3 heteroatoms. The highest BCUT2D eigenvalue weighted by atomic mass is 19.1. The molecule has 2 nitrogen and oxygen atoms in total. The Balaban J connectivity index is 1.83. The minimum atomic E-state index is -1.33. The number of pyridine rings is 1. The van der Waals surface area contributed by atoms with E-state index in [4.69, 9.17) is 0 Å². The van der Waals surface area contributed by atoms with Crippen LogP contribution >= 0.6 is 0 Å². The van der Waals surface area contributed by atoms with Gasteiger partial charge in [0.05, 0.1) is 5.52 Å². The van der Waals surface area contributed by atoms with Crippen LogP contribution in [0.4, 0.5) is 4.39 Å². The lowest BCUT2D eigenvalue weighted by atomic mass is 9.88. The number of rotatable bonds is 3. The summed E-state index contributed by atoms with van der Waals surface area (Å²) in [4.78, 5) is 4.38. The summed E-state index contributed by atoms with van der Waals surface area (Å²) >= 11 is 0. The molecule has 0 radical (unpaired) electrons. The van der Waals surface area contributed by atoms with Crippen LogP contribution in [0.5, 0.6) is 0 Å². The zero-order chi connectivity index (χ0) is 14.0. The molecule has 0 aliphatic carbocycles. The van der Waals surface area contributed by atoms with E-state index in [1.165, 1.54) is 12.8 Å². The molecule has 20 heavy (non-hydrogen) atoms. The molecule has 1 N–H and O–H groups in total. The molecule has 2 atom stereocenters. The quantitative estimate of drug-likeness (QED) is 0.915. The molecule has 2 unspecified atom stereocenters. The largest absolute Gasteiger partial charge is 0.314 e. The van der Waals surface area contributed by atoms with E-state index < -0.39 is 5.67 Å². The zero-order valence-electron chi connectivity index (χ0n) is 11.9. The molecule has 0 amide bonds. The van der Waals surface area contributed by atoms with Gasteiger partial charge in [-0.1, -0.05) is 24.6 Å². The van der Waals surface area contributed by atoms with Crippen molar-refractivity contribution in [2.45, 2.75) is 44.3 Å². The van der Waals surface area contributed by atoms with Crippen molar-refractivity contribution in [1.82, 2.24) is 10.3 Å². The first-order chi connectivity index (χ1) is 9.65. The molecular formula is C17H21FN2. The van der Waals surface area contributed by atoms with E-state index in [0.29, 0.717) is 12.0 Å². The van der Waals surface area contributed by atoms with E-state index in [1.807, 2.05) is 30.3 Å². The Kier molecular flexibility index (Phi) is 3.70. The van der Waals surface area contributed by atoms with Gasteiger partial charge in [-0.2, -0.15) is 0 Å². The lowest BCUT2D eigenvalue weighted by Crippen LogP contribution is -2.38. The summed E-state index contributed by atoms with van der Waals surface area (Å²) < 4.78 is 15.1. The van der Waals surface area contributed by atoms with E-state index in [-0.39, 0.29) is 6.04 Å². The number of aromatic nitrogens is 1. The van der Waals surface area contributed by atoms with Gasteiger partial charge in [-0.25, -0.2) is 4.39 Å². The number of nitrogens with zero attached hydrogens (tertiary/aromatic N) is 1. The summed E-state index contributed by atoms with van der Waals surface area (Å²) in [5.41, 5.74) is 0.276. The van der Waals surface area contributed by atoms with E-state index in [0.717, 1.165) is 23.9 Å². The highest BCUT2D eigenvalue weighted by molar-refractivity contribution is 5.78. The number of benzene rings is 1. The van der Waals surface area contributed by atoms with Crippen molar-refractivity contribution < 1.29 is 4.39 Å².